The lowest BCUT2D eigenvalue weighted by Gasteiger charge is -2.04. The zero-order chi connectivity index (χ0) is 13.5. The molecule has 0 spiro atoms. The van der Waals surface area contributed by atoms with Crippen LogP contribution >= 0.6 is 11.3 Å². The number of rotatable bonds is 6. The highest BCUT2D eigenvalue weighted by atomic mass is 32.1. The summed E-state index contributed by atoms with van der Waals surface area (Å²) in [6, 6.07) is -0.510. The summed E-state index contributed by atoms with van der Waals surface area (Å²) in [5.41, 5.74) is 4.84. The largest absolute Gasteiger partial charge is 0.476 e. The van der Waals surface area contributed by atoms with Gasteiger partial charge in [0.25, 0.3) is 0 Å². The van der Waals surface area contributed by atoms with Crippen LogP contribution in [0.4, 0.5) is 4.79 Å². The number of nitrogens with zero attached hydrogens (tertiary/aromatic N) is 1. The third-order valence-electron chi connectivity index (χ3n) is 1.82. The van der Waals surface area contributed by atoms with Crippen LogP contribution in [0, 0.1) is 0 Å². The predicted molar refractivity (Wildman–Crippen MR) is 63.4 cm³/mol. The fraction of sp³-hybridized carbons (Fsp3) is 0.333. The number of hydrogen-bond donors (Lipinski definition) is 4. The van der Waals surface area contributed by atoms with Crippen LogP contribution in [0.1, 0.15) is 15.5 Å². The Bertz CT molecular complexity index is 459. The number of amides is 3. The van der Waals surface area contributed by atoms with Gasteiger partial charge in [-0.2, -0.15) is 0 Å². The van der Waals surface area contributed by atoms with Crippen molar-refractivity contribution >= 4 is 29.2 Å². The second kappa shape index (κ2) is 6.55. The first-order chi connectivity index (χ1) is 8.49. The lowest BCUT2D eigenvalue weighted by atomic mass is 10.4. The molecule has 0 radical (unpaired) electrons. The van der Waals surface area contributed by atoms with Crippen molar-refractivity contribution < 1.29 is 19.5 Å². The van der Waals surface area contributed by atoms with Crippen molar-refractivity contribution in [1.29, 1.82) is 0 Å². The highest BCUT2D eigenvalue weighted by Crippen LogP contribution is 2.09. The molecule has 9 heteroatoms. The lowest BCUT2D eigenvalue weighted by Crippen LogP contribution is -2.41. The van der Waals surface area contributed by atoms with Gasteiger partial charge in [0.05, 0.1) is 11.6 Å². The molecule has 98 valence electrons. The van der Waals surface area contributed by atoms with Gasteiger partial charge in [0, 0.05) is 18.3 Å². The van der Waals surface area contributed by atoms with E-state index in [2.05, 4.69) is 15.6 Å². The van der Waals surface area contributed by atoms with Gasteiger partial charge in [-0.25, -0.2) is 14.6 Å². The number of aromatic nitrogens is 1. The number of carbonyl (C=O) groups is 3. The molecule has 0 aromatic carbocycles. The SMILES string of the molecule is NC(=O)CNC(=O)NCCc1nc(C(=O)O)cs1. The van der Waals surface area contributed by atoms with Crippen molar-refractivity contribution in [2.75, 3.05) is 13.1 Å². The van der Waals surface area contributed by atoms with Crippen LogP contribution in [0.15, 0.2) is 5.38 Å². The van der Waals surface area contributed by atoms with Gasteiger partial charge in [0.1, 0.15) is 0 Å². The molecule has 0 bridgehead atoms. The Kier molecular flexibility index (Phi) is 5.06. The average Bonchev–Trinajstić information content (AvgIpc) is 2.75. The van der Waals surface area contributed by atoms with Crippen LogP contribution < -0.4 is 16.4 Å². The van der Waals surface area contributed by atoms with Gasteiger partial charge in [0.2, 0.25) is 5.91 Å². The van der Waals surface area contributed by atoms with Crippen LogP contribution in [-0.4, -0.2) is 41.1 Å². The third-order valence-corrected chi connectivity index (χ3v) is 2.73. The molecular formula is C9H12N4O4S. The number of urea groups is 1. The van der Waals surface area contributed by atoms with Gasteiger partial charge in [-0.3, -0.25) is 4.79 Å². The number of carbonyl (C=O) groups excluding carboxylic acids is 2. The fourth-order valence-corrected chi connectivity index (χ4v) is 1.81. The molecular weight excluding hydrogens is 260 g/mol. The predicted octanol–water partition coefficient (Wildman–Crippen LogP) is -0.832. The van der Waals surface area contributed by atoms with E-state index in [1.807, 2.05) is 0 Å². The van der Waals surface area contributed by atoms with E-state index in [-0.39, 0.29) is 18.8 Å². The fourth-order valence-electron chi connectivity index (χ4n) is 1.04. The number of carboxylic acid groups (broad SMARTS) is 1. The van der Waals surface area contributed by atoms with E-state index in [9.17, 15) is 14.4 Å². The summed E-state index contributed by atoms with van der Waals surface area (Å²) in [7, 11) is 0. The smallest absolute Gasteiger partial charge is 0.355 e. The lowest BCUT2D eigenvalue weighted by molar-refractivity contribution is -0.117. The third kappa shape index (κ3) is 4.78. The Hall–Kier alpha value is -2.16. The quantitative estimate of drug-likeness (QED) is 0.536. The summed E-state index contributed by atoms with van der Waals surface area (Å²) in [5.74, 6) is -1.71. The molecule has 8 nitrogen and oxygen atoms in total. The Morgan fingerprint density at radius 1 is 1.39 bits per heavy atom. The zero-order valence-corrected chi connectivity index (χ0v) is 10.1. The molecule has 1 aromatic heterocycles. The molecule has 0 aliphatic heterocycles. The van der Waals surface area contributed by atoms with Crippen LogP contribution in [0.3, 0.4) is 0 Å². The van der Waals surface area contributed by atoms with Crippen molar-refractivity contribution in [3.8, 4) is 0 Å². The maximum atomic E-state index is 11.1. The Morgan fingerprint density at radius 2 is 2.11 bits per heavy atom. The first kappa shape index (κ1) is 13.9. The maximum Gasteiger partial charge on any atom is 0.355 e. The molecule has 0 unspecified atom stereocenters. The molecule has 3 amide bonds. The normalized spacial score (nSPS) is 9.78. The van der Waals surface area contributed by atoms with E-state index in [1.165, 1.54) is 16.7 Å². The van der Waals surface area contributed by atoms with Crippen LogP contribution in [-0.2, 0) is 11.2 Å². The number of primary amides is 1. The number of nitrogens with one attached hydrogen (secondary N) is 2. The second-order valence-electron chi connectivity index (χ2n) is 3.26. The van der Waals surface area contributed by atoms with Crippen LogP contribution in [0.25, 0.3) is 0 Å². The Morgan fingerprint density at radius 3 is 2.67 bits per heavy atom. The van der Waals surface area contributed by atoms with E-state index in [0.717, 1.165) is 0 Å². The van der Waals surface area contributed by atoms with E-state index < -0.39 is 17.9 Å². The van der Waals surface area contributed by atoms with Gasteiger partial charge < -0.3 is 21.5 Å². The number of carboxylic acids is 1. The minimum absolute atomic E-state index is 0.00631. The minimum atomic E-state index is -1.08. The minimum Gasteiger partial charge on any atom is -0.476 e. The second-order valence-corrected chi connectivity index (χ2v) is 4.20. The molecule has 0 aliphatic carbocycles. The van der Waals surface area contributed by atoms with Crippen molar-refractivity contribution in [3.05, 3.63) is 16.1 Å². The monoisotopic (exact) mass is 272 g/mol. The van der Waals surface area contributed by atoms with Crippen molar-refractivity contribution in [1.82, 2.24) is 15.6 Å². The molecule has 1 rings (SSSR count). The molecule has 1 heterocycles. The van der Waals surface area contributed by atoms with Crippen LogP contribution in [0.2, 0.25) is 0 Å². The summed E-state index contributed by atoms with van der Waals surface area (Å²) < 4.78 is 0. The Labute approximate surface area is 106 Å². The summed E-state index contributed by atoms with van der Waals surface area (Å²) in [4.78, 5) is 35.9. The summed E-state index contributed by atoms with van der Waals surface area (Å²) >= 11 is 1.21. The molecule has 0 aliphatic rings. The summed E-state index contributed by atoms with van der Waals surface area (Å²) in [6.07, 6.45) is 0.419. The van der Waals surface area contributed by atoms with E-state index in [1.54, 1.807) is 0 Å². The highest BCUT2D eigenvalue weighted by molar-refractivity contribution is 7.09. The molecule has 0 saturated heterocycles. The highest BCUT2D eigenvalue weighted by Gasteiger charge is 2.08. The standard InChI is InChI=1S/C9H12N4O4S/c10-6(14)3-12-9(17)11-2-1-7-13-5(4-18-7)8(15)16/h4H,1-3H2,(H2,10,14)(H,15,16)(H2,11,12,17). The van der Waals surface area contributed by atoms with Gasteiger partial charge in [-0.1, -0.05) is 0 Å². The first-order valence-corrected chi connectivity index (χ1v) is 5.84. The van der Waals surface area contributed by atoms with Crippen molar-refractivity contribution in [2.45, 2.75) is 6.42 Å². The van der Waals surface area contributed by atoms with Gasteiger partial charge in [0.15, 0.2) is 5.69 Å². The summed E-state index contributed by atoms with van der Waals surface area (Å²) in [5, 5.41) is 15.4. The van der Waals surface area contributed by atoms with E-state index in [0.29, 0.717) is 11.4 Å². The van der Waals surface area contributed by atoms with Crippen molar-refractivity contribution in [2.24, 2.45) is 5.73 Å². The topological polar surface area (TPSA) is 134 Å². The molecule has 0 atom stereocenters. The van der Waals surface area contributed by atoms with Crippen molar-refractivity contribution in [3.63, 3.8) is 0 Å². The number of hydrogen-bond acceptors (Lipinski definition) is 5. The molecule has 0 saturated carbocycles. The van der Waals surface area contributed by atoms with Gasteiger partial charge >= 0.3 is 12.0 Å². The van der Waals surface area contributed by atoms with E-state index in [4.69, 9.17) is 10.8 Å². The van der Waals surface area contributed by atoms with Crippen LogP contribution in [0.5, 0.6) is 0 Å². The first-order valence-electron chi connectivity index (χ1n) is 4.96. The zero-order valence-electron chi connectivity index (χ0n) is 9.30. The molecule has 0 fully saturated rings. The Balaban J connectivity index is 2.26. The number of aromatic carboxylic acids is 1. The van der Waals surface area contributed by atoms with Gasteiger partial charge in [-0.05, 0) is 0 Å². The molecule has 1 aromatic rings. The van der Waals surface area contributed by atoms with Gasteiger partial charge in [-0.15, -0.1) is 11.3 Å². The average molecular weight is 272 g/mol. The number of nitrogens with two attached hydrogens (primary N) is 1. The summed E-state index contributed by atoms with van der Waals surface area (Å²) in [6.45, 7) is 0.0589. The molecule has 18 heavy (non-hydrogen) atoms. The molecule has 5 N–H and O–H groups in total. The van der Waals surface area contributed by atoms with E-state index >= 15 is 0 Å². The number of thiazole rings is 1. The maximum absolute atomic E-state index is 11.1.